The fourth-order valence-corrected chi connectivity index (χ4v) is 8.79. The van der Waals surface area contributed by atoms with E-state index in [1.807, 2.05) is 26.0 Å². The quantitative estimate of drug-likeness (QED) is 0.290. The second-order valence-corrected chi connectivity index (χ2v) is 17.1. The summed E-state index contributed by atoms with van der Waals surface area (Å²) in [7, 11) is -2.63. The van der Waals surface area contributed by atoms with Crippen molar-refractivity contribution in [3.8, 4) is 11.8 Å². The van der Waals surface area contributed by atoms with Crippen LogP contribution in [0.3, 0.4) is 0 Å². The molecule has 2 saturated carbocycles. The van der Waals surface area contributed by atoms with E-state index in [9.17, 15) is 37.1 Å². The summed E-state index contributed by atoms with van der Waals surface area (Å²) in [5.74, 6) is -3.22. The van der Waals surface area contributed by atoms with Gasteiger partial charge in [-0.05, 0) is 80.9 Å². The molecule has 0 bridgehead atoms. The molecule has 0 spiro atoms. The van der Waals surface area contributed by atoms with Crippen LogP contribution in [-0.4, -0.2) is 89.4 Å². The minimum Gasteiger partial charge on any atom is -0.481 e. The van der Waals surface area contributed by atoms with E-state index in [2.05, 4.69) is 20.3 Å². The highest BCUT2D eigenvalue weighted by Gasteiger charge is 2.63. The Morgan fingerprint density at radius 2 is 1.94 bits per heavy atom. The summed E-state index contributed by atoms with van der Waals surface area (Å²) in [5.41, 5.74) is -1.58. The van der Waals surface area contributed by atoms with Crippen LogP contribution in [0.25, 0.3) is 10.8 Å². The van der Waals surface area contributed by atoms with Crippen LogP contribution in [-0.2, 0) is 24.4 Å². The first-order valence-corrected chi connectivity index (χ1v) is 19.2. The van der Waals surface area contributed by atoms with Gasteiger partial charge in [-0.25, -0.2) is 17.6 Å². The Labute approximate surface area is 301 Å². The van der Waals surface area contributed by atoms with Gasteiger partial charge >= 0.3 is 6.09 Å². The van der Waals surface area contributed by atoms with E-state index in [1.54, 1.807) is 13.0 Å². The number of allylic oxidation sites excluding steroid dienone is 1. The number of pyridine rings is 1. The molecule has 16 heteroatoms. The second-order valence-electron chi connectivity index (χ2n) is 14.9. The predicted molar refractivity (Wildman–Crippen MR) is 187 cm³/mol. The van der Waals surface area contributed by atoms with E-state index < -0.39 is 80.0 Å². The summed E-state index contributed by atoms with van der Waals surface area (Å²) in [6.07, 6.45) is 4.80. The van der Waals surface area contributed by atoms with Crippen LogP contribution in [0.15, 0.2) is 36.4 Å². The molecule has 3 fully saturated rings. The molecule has 7 atom stereocenters. The van der Waals surface area contributed by atoms with Gasteiger partial charge in [0.05, 0.1) is 18.4 Å². The number of methoxy groups -OCH3 is 1. The van der Waals surface area contributed by atoms with Crippen LogP contribution in [0.4, 0.5) is 9.18 Å². The summed E-state index contributed by atoms with van der Waals surface area (Å²) >= 11 is 0. The van der Waals surface area contributed by atoms with Crippen molar-refractivity contribution in [3.63, 3.8) is 0 Å². The van der Waals surface area contributed by atoms with Crippen molar-refractivity contribution in [2.24, 2.45) is 17.8 Å². The van der Waals surface area contributed by atoms with Crippen molar-refractivity contribution in [1.29, 1.82) is 0 Å². The molecule has 1 aromatic heterocycles. The number of nitrogens with zero attached hydrogens (tertiary/aromatic N) is 2. The van der Waals surface area contributed by atoms with Crippen molar-refractivity contribution in [3.05, 3.63) is 42.2 Å². The van der Waals surface area contributed by atoms with Crippen molar-refractivity contribution in [2.75, 3.05) is 13.7 Å². The maximum Gasteiger partial charge on any atom is 0.405 e. The van der Waals surface area contributed by atoms with Gasteiger partial charge in [0.2, 0.25) is 33.6 Å². The van der Waals surface area contributed by atoms with E-state index in [0.717, 1.165) is 6.42 Å². The molecular weight excluding hydrogens is 697 g/mol. The lowest BCUT2D eigenvalue weighted by atomic mass is 9.85. The first kappa shape index (κ1) is 37.3. The Hall–Kier alpha value is -4.47. The zero-order valence-corrected chi connectivity index (χ0v) is 30.5. The molecule has 14 nitrogen and oxygen atoms in total. The number of halogens is 1. The van der Waals surface area contributed by atoms with Gasteiger partial charge < -0.3 is 30.1 Å². The molecule has 2 aliphatic carbocycles. The molecule has 3 heterocycles. The zero-order chi connectivity index (χ0) is 37.6. The van der Waals surface area contributed by atoms with Crippen LogP contribution >= 0.6 is 0 Å². The van der Waals surface area contributed by atoms with E-state index in [4.69, 9.17) is 9.47 Å². The Bertz CT molecular complexity index is 1900. The molecule has 52 heavy (non-hydrogen) atoms. The fourth-order valence-electron chi connectivity index (χ4n) is 7.47. The molecule has 1 saturated heterocycles. The molecule has 0 radical (unpaired) electrons. The Balaban J connectivity index is 1.36. The standard InChI is InChI=1S/C36H46FN5O9S/c1-5-21-14-20(2)8-6-7-9-23-18-36(23,33(45)41-52(48,49)35(3)12-13-35)40-30(43)27-17-25(19-42(27)32(44)29(21)39-34(46)47)51-31-26-11-10-24(37)15-22(26)16-28(38-31)50-4/h7,9-11,15-16,20-21,23,25,27,29,39H,5-6,8,12-14,17-19H2,1-4H3,(H,40,43)(H,41,45)(H,46,47)/b9-7-/t20-,21+,23+,25+,27-,29-,36+/m0/s1. The summed E-state index contributed by atoms with van der Waals surface area (Å²) in [6, 6.07) is 3.18. The van der Waals surface area contributed by atoms with E-state index >= 15 is 0 Å². The average molecular weight is 744 g/mol. The van der Waals surface area contributed by atoms with Crippen molar-refractivity contribution in [1.82, 2.24) is 25.2 Å². The third-order valence-corrected chi connectivity index (χ3v) is 13.3. The lowest BCUT2D eigenvalue weighted by Crippen LogP contribution is -2.59. The number of carbonyl (C=O) groups is 4. The molecule has 4 N–H and O–H groups in total. The molecule has 4 amide bonds. The molecule has 282 valence electrons. The topological polar surface area (TPSA) is 193 Å². The van der Waals surface area contributed by atoms with Gasteiger partial charge in [-0.1, -0.05) is 32.4 Å². The van der Waals surface area contributed by atoms with Gasteiger partial charge in [0, 0.05) is 23.8 Å². The minimum atomic E-state index is -4.03. The van der Waals surface area contributed by atoms with Gasteiger partial charge in [0.15, 0.2) is 0 Å². The second kappa shape index (κ2) is 14.2. The maximum absolute atomic E-state index is 14.5. The molecular formula is C36H46FN5O9S. The van der Waals surface area contributed by atoms with Crippen LogP contribution in [0.1, 0.15) is 72.1 Å². The van der Waals surface area contributed by atoms with Crippen LogP contribution in [0, 0.1) is 23.6 Å². The van der Waals surface area contributed by atoms with Crippen LogP contribution < -0.4 is 24.8 Å². The summed E-state index contributed by atoms with van der Waals surface area (Å²) in [6.45, 7) is 5.33. The minimum absolute atomic E-state index is 0.0687. The highest BCUT2D eigenvalue weighted by atomic mass is 32.2. The number of fused-ring (bicyclic) bond motifs is 3. The van der Waals surface area contributed by atoms with Crippen molar-refractivity contribution < 1.29 is 46.6 Å². The lowest BCUT2D eigenvalue weighted by molar-refractivity contribution is -0.142. The number of carbonyl (C=O) groups excluding carboxylic acids is 3. The summed E-state index contributed by atoms with van der Waals surface area (Å²) in [4.78, 5) is 60.4. The van der Waals surface area contributed by atoms with Gasteiger partial charge in [-0.3, -0.25) is 19.1 Å². The van der Waals surface area contributed by atoms with E-state index in [1.165, 1.54) is 30.2 Å². The van der Waals surface area contributed by atoms with Gasteiger partial charge in [-0.2, -0.15) is 4.98 Å². The average Bonchev–Trinajstić information content (AvgIpc) is 3.97. The molecule has 2 aliphatic heterocycles. The smallest absolute Gasteiger partial charge is 0.405 e. The summed E-state index contributed by atoms with van der Waals surface area (Å²) < 4.78 is 53.2. The number of ether oxygens (including phenoxy) is 2. The highest BCUT2D eigenvalue weighted by molar-refractivity contribution is 7.91. The molecule has 6 rings (SSSR count). The molecule has 4 aliphatic rings. The maximum atomic E-state index is 14.5. The Morgan fingerprint density at radius 3 is 2.62 bits per heavy atom. The number of hydrogen-bond donors (Lipinski definition) is 4. The number of nitrogens with one attached hydrogen (secondary N) is 3. The Kier molecular flexibility index (Phi) is 10.2. The normalized spacial score (nSPS) is 30.8. The third-order valence-electron chi connectivity index (χ3n) is 11.1. The van der Waals surface area contributed by atoms with Crippen LogP contribution in [0.5, 0.6) is 11.8 Å². The van der Waals surface area contributed by atoms with E-state index in [-0.39, 0.29) is 37.1 Å². The molecule has 0 unspecified atom stereocenters. The predicted octanol–water partition coefficient (Wildman–Crippen LogP) is 3.64. The number of sulfonamides is 1. The zero-order valence-electron chi connectivity index (χ0n) is 29.7. The van der Waals surface area contributed by atoms with Crippen LogP contribution in [0.2, 0.25) is 0 Å². The SMILES string of the molecule is CC[C@@H]1C[C@@H](C)CC/C=C\[C@@H]2C[C@@]2(C(=O)NS(=O)(=O)C2(C)CC2)NC(=O)[C@@H]2C[C@@H](Oc3nc(OC)cc4cc(F)ccc34)CN2C(=O)[C@H]1NC(=O)O. The lowest BCUT2D eigenvalue weighted by Gasteiger charge is -2.33. The molecule has 1 aromatic carbocycles. The summed E-state index contributed by atoms with van der Waals surface area (Å²) in [5, 5.41) is 16.0. The van der Waals surface area contributed by atoms with Crippen molar-refractivity contribution in [2.45, 2.75) is 101 Å². The van der Waals surface area contributed by atoms with Crippen molar-refractivity contribution >= 4 is 44.6 Å². The number of carboxylic acid groups (broad SMARTS) is 1. The number of aromatic nitrogens is 1. The number of hydrogen-bond acceptors (Lipinski definition) is 9. The van der Waals surface area contributed by atoms with Gasteiger partial charge in [0.25, 0.3) is 5.91 Å². The Morgan fingerprint density at radius 1 is 1.19 bits per heavy atom. The van der Waals surface area contributed by atoms with Gasteiger partial charge in [0.1, 0.15) is 29.5 Å². The largest absolute Gasteiger partial charge is 0.481 e. The molecule has 2 aromatic rings. The van der Waals surface area contributed by atoms with Gasteiger partial charge in [-0.15, -0.1) is 0 Å². The third kappa shape index (κ3) is 7.39. The first-order valence-electron chi connectivity index (χ1n) is 17.8. The monoisotopic (exact) mass is 743 g/mol. The number of rotatable bonds is 8. The number of benzene rings is 1. The fraction of sp³-hybridized carbons (Fsp3) is 0.583. The number of amides is 4. The van der Waals surface area contributed by atoms with E-state index in [0.29, 0.717) is 42.9 Å². The first-order chi connectivity index (χ1) is 24.6. The highest BCUT2D eigenvalue weighted by Crippen LogP contribution is 2.47.